The lowest BCUT2D eigenvalue weighted by molar-refractivity contribution is -0.131. The van der Waals surface area contributed by atoms with Crippen LogP contribution in [-0.2, 0) is 9.59 Å². The normalized spacial score (nSPS) is 19.4. The molecule has 1 aromatic rings. The van der Waals surface area contributed by atoms with Gasteiger partial charge in [0.1, 0.15) is 18.4 Å². The Kier molecular flexibility index (Phi) is 4.28. The van der Waals surface area contributed by atoms with Gasteiger partial charge in [0.2, 0.25) is 11.8 Å². The molecule has 0 aromatic heterocycles. The van der Waals surface area contributed by atoms with Crippen LogP contribution in [0.15, 0.2) is 18.2 Å². The minimum absolute atomic E-state index is 0.142. The average molecular weight is 299 g/mol. The van der Waals surface area contributed by atoms with Crippen LogP contribution in [0.5, 0.6) is 0 Å². The highest BCUT2D eigenvalue weighted by Gasteiger charge is 2.34. The lowest BCUT2D eigenvalue weighted by Gasteiger charge is -2.33. The van der Waals surface area contributed by atoms with E-state index >= 15 is 0 Å². The molecule has 0 radical (unpaired) electrons. The lowest BCUT2D eigenvalue weighted by atomic mass is 10.0. The SMILES string of the molecule is CC(C)CC1NC(=O)CN(c2cc(F)ccc2Cl)C1=O. The Labute approximate surface area is 121 Å². The van der Waals surface area contributed by atoms with E-state index in [0.717, 1.165) is 0 Å². The number of hydrogen-bond donors (Lipinski definition) is 1. The van der Waals surface area contributed by atoms with Crippen LogP contribution in [0, 0.1) is 11.7 Å². The Hall–Kier alpha value is -1.62. The number of nitrogens with one attached hydrogen (secondary N) is 1. The summed E-state index contributed by atoms with van der Waals surface area (Å²) in [5, 5.41) is 2.91. The summed E-state index contributed by atoms with van der Waals surface area (Å²) in [7, 11) is 0. The highest BCUT2D eigenvalue weighted by Crippen LogP contribution is 2.28. The topological polar surface area (TPSA) is 49.4 Å². The van der Waals surface area contributed by atoms with Crippen LogP contribution < -0.4 is 10.2 Å². The summed E-state index contributed by atoms with van der Waals surface area (Å²) in [5.74, 6) is -0.767. The molecule has 6 heteroatoms. The van der Waals surface area contributed by atoms with Crippen molar-refractivity contribution >= 4 is 29.1 Å². The summed E-state index contributed by atoms with van der Waals surface area (Å²) < 4.78 is 13.3. The zero-order chi connectivity index (χ0) is 14.9. The molecule has 2 rings (SSSR count). The maximum Gasteiger partial charge on any atom is 0.250 e. The number of hydrogen-bond acceptors (Lipinski definition) is 2. The molecule has 108 valence electrons. The van der Waals surface area contributed by atoms with Gasteiger partial charge in [0.15, 0.2) is 0 Å². The summed E-state index contributed by atoms with van der Waals surface area (Å²) >= 11 is 6.00. The number of piperazine rings is 1. The Morgan fingerprint density at radius 2 is 2.15 bits per heavy atom. The molecule has 20 heavy (non-hydrogen) atoms. The van der Waals surface area contributed by atoms with Crippen molar-refractivity contribution in [2.24, 2.45) is 5.92 Å². The number of nitrogens with zero attached hydrogens (tertiary/aromatic N) is 1. The molecule has 1 saturated heterocycles. The van der Waals surface area contributed by atoms with Crippen LogP contribution in [0.2, 0.25) is 5.02 Å². The first-order valence-electron chi connectivity index (χ1n) is 6.44. The van der Waals surface area contributed by atoms with E-state index < -0.39 is 11.9 Å². The highest BCUT2D eigenvalue weighted by molar-refractivity contribution is 6.34. The van der Waals surface area contributed by atoms with Crippen molar-refractivity contribution in [1.29, 1.82) is 0 Å². The fraction of sp³-hybridized carbons (Fsp3) is 0.429. The molecule has 0 spiro atoms. The van der Waals surface area contributed by atoms with Crippen LogP contribution in [0.25, 0.3) is 0 Å². The van der Waals surface area contributed by atoms with E-state index in [1.165, 1.54) is 23.1 Å². The Morgan fingerprint density at radius 1 is 1.45 bits per heavy atom. The predicted octanol–water partition coefficient (Wildman–Crippen LogP) is 2.36. The number of amides is 2. The third kappa shape index (κ3) is 3.10. The maximum atomic E-state index is 13.3. The quantitative estimate of drug-likeness (QED) is 0.931. The third-order valence-corrected chi connectivity index (χ3v) is 3.43. The molecular formula is C14H16ClFN2O2. The van der Waals surface area contributed by atoms with Crippen LogP contribution in [0.4, 0.5) is 10.1 Å². The number of carbonyl (C=O) groups is 2. The van der Waals surface area contributed by atoms with Gasteiger partial charge in [-0.2, -0.15) is 0 Å². The molecule has 1 unspecified atom stereocenters. The smallest absolute Gasteiger partial charge is 0.250 e. The van der Waals surface area contributed by atoms with E-state index in [2.05, 4.69) is 5.32 Å². The number of anilines is 1. The van der Waals surface area contributed by atoms with Gasteiger partial charge in [0.05, 0.1) is 10.7 Å². The zero-order valence-electron chi connectivity index (χ0n) is 11.3. The first kappa shape index (κ1) is 14.8. The number of rotatable bonds is 3. The Bertz CT molecular complexity index is 548. The molecule has 1 fully saturated rings. The van der Waals surface area contributed by atoms with Crippen LogP contribution in [0.3, 0.4) is 0 Å². The van der Waals surface area contributed by atoms with Crippen molar-refractivity contribution in [2.75, 3.05) is 11.4 Å². The molecule has 1 aromatic carbocycles. The maximum absolute atomic E-state index is 13.3. The monoisotopic (exact) mass is 298 g/mol. The summed E-state index contributed by atoms with van der Waals surface area (Å²) in [5.41, 5.74) is 0.236. The number of benzene rings is 1. The number of carbonyl (C=O) groups excluding carboxylic acids is 2. The van der Waals surface area contributed by atoms with Crippen molar-refractivity contribution in [2.45, 2.75) is 26.3 Å². The van der Waals surface area contributed by atoms with Gasteiger partial charge in [-0.15, -0.1) is 0 Å². The van der Waals surface area contributed by atoms with Gasteiger partial charge in [-0.05, 0) is 30.5 Å². The second kappa shape index (κ2) is 5.79. The molecule has 1 N–H and O–H groups in total. The molecule has 1 heterocycles. The van der Waals surface area contributed by atoms with Gasteiger partial charge >= 0.3 is 0 Å². The van der Waals surface area contributed by atoms with Crippen LogP contribution in [-0.4, -0.2) is 24.4 Å². The molecule has 0 bridgehead atoms. The van der Waals surface area contributed by atoms with Crippen molar-refractivity contribution in [1.82, 2.24) is 5.32 Å². The van der Waals surface area contributed by atoms with Gasteiger partial charge < -0.3 is 5.32 Å². The van der Waals surface area contributed by atoms with E-state index in [1.807, 2.05) is 13.8 Å². The second-order valence-electron chi connectivity index (χ2n) is 5.27. The standard InChI is InChI=1S/C14H16ClFN2O2/c1-8(2)5-11-14(20)18(7-13(19)17-11)12-6-9(16)3-4-10(12)15/h3-4,6,8,11H,5,7H2,1-2H3,(H,17,19). The average Bonchev–Trinajstić information content (AvgIpc) is 2.36. The van der Waals surface area contributed by atoms with Crippen LogP contribution >= 0.6 is 11.6 Å². The van der Waals surface area contributed by atoms with E-state index in [1.54, 1.807) is 0 Å². The van der Waals surface area contributed by atoms with Crippen molar-refractivity contribution < 1.29 is 14.0 Å². The van der Waals surface area contributed by atoms with Gasteiger partial charge in [0, 0.05) is 0 Å². The van der Waals surface area contributed by atoms with Crippen molar-refractivity contribution in [3.05, 3.63) is 29.0 Å². The van der Waals surface area contributed by atoms with Crippen molar-refractivity contribution in [3.8, 4) is 0 Å². The molecule has 1 aliphatic rings. The summed E-state index contributed by atoms with van der Waals surface area (Å²) in [6, 6.07) is 3.18. The molecule has 0 aliphatic carbocycles. The lowest BCUT2D eigenvalue weighted by Crippen LogP contribution is -2.58. The highest BCUT2D eigenvalue weighted by atomic mass is 35.5. The van der Waals surface area contributed by atoms with Gasteiger partial charge in [-0.25, -0.2) is 4.39 Å². The van der Waals surface area contributed by atoms with Gasteiger partial charge in [-0.1, -0.05) is 25.4 Å². The van der Waals surface area contributed by atoms with Crippen LogP contribution in [0.1, 0.15) is 20.3 Å². The molecule has 1 atom stereocenters. The van der Waals surface area contributed by atoms with E-state index in [4.69, 9.17) is 11.6 Å². The first-order valence-corrected chi connectivity index (χ1v) is 6.82. The van der Waals surface area contributed by atoms with E-state index in [9.17, 15) is 14.0 Å². The zero-order valence-corrected chi connectivity index (χ0v) is 12.1. The number of halogens is 2. The first-order chi connectivity index (χ1) is 9.38. The second-order valence-corrected chi connectivity index (χ2v) is 5.68. The fourth-order valence-corrected chi connectivity index (χ4v) is 2.46. The molecule has 2 amide bonds. The van der Waals surface area contributed by atoms with Crippen molar-refractivity contribution in [3.63, 3.8) is 0 Å². The molecular weight excluding hydrogens is 283 g/mol. The predicted molar refractivity (Wildman–Crippen MR) is 75.1 cm³/mol. The van der Waals surface area contributed by atoms with E-state index in [0.29, 0.717) is 6.42 Å². The minimum Gasteiger partial charge on any atom is -0.343 e. The van der Waals surface area contributed by atoms with Gasteiger partial charge in [0.25, 0.3) is 0 Å². The van der Waals surface area contributed by atoms with Gasteiger partial charge in [-0.3, -0.25) is 14.5 Å². The largest absolute Gasteiger partial charge is 0.343 e. The van der Waals surface area contributed by atoms with E-state index in [-0.39, 0.29) is 35.0 Å². The third-order valence-electron chi connectivity index (χ3n) is 3.11. The Morgan fingerprint density at radius 3 is 2.80 bits per heavy atom. The molecule has 0 saturated carbocycles. The minimum atomic E-state index is -0.587. The molecule has 4 nitrogen and oxygen atoms in total. The fourth-order valence-electron chi connectivity index (χ4n) is 2.24. The Balaban J connectivity index is 2.32. The summed E-state index contributed by atoms with van der Waals surface area (Å²) in [4.78, 5) is 25.4. The summed E-state index contributed by atoms with van der Waals surface area (Å²) in [6.45, 7) is 3.79. The summed E-state index contributed by atoms with van der Waals surface area (Å²) in [6.07, 6.45) is 0.536. The molecule has 1 aliphatic heterocycles.